The second-order valence-electron chi connectivity index (χ2n) is 7.99. The monoisotopic (exact) mass is 459 g/mol. The molecule has 2 heterocycles. The fourth-order valence-corrected chi connectivity index (χ4v) is 3.66. The molecule has 0 atom stereocenters. The first-order chi connectivity index (χ1) is 16.4. The van der Waals surface area contributed by atoms with Crippen LogP contribution in [-0.4, -0.2) is 36.5 Å². The molecule has 0 saturated heterocycles. The average molecular weight is 460 g/mol. The molecule has 0 bridgehead atoms. The summed E-state index contributed by atoms with van der Waals surface area (Å²) in [5.41, 5.74) is 3.63. The van der Waals surface area contributed by atoms with Crippen molar-refractivity contribution in [1.29, 1.82) is 0 Å². The van der Waals surface area contributed by atoms with Gasteiger partial charge in [-0.05, 0) is 42.8 Å². The lowest BCUT2D eigenvalue weighted by atomic mass is 10.1. The first-order valence-electron chi connectivity index (χ1n) is 10.9. The summed E-state index contributed by atoms with van der Waals surface area (Å²) in [5.74, 6) is 0.629. The lowest BCUT2D eigenvalue weighted by molar-refractivity contribution is 0.0950. The van der Waals surface area contributed by atoms with Crippen molar-refractivity contribution < 1.29 is 18.7 Å². The maximum Gasteiger partial charge on any atom is 0.251 e. The van der Waals surface area contributed by atoms with Gasteiger partial charge in [0.05, 0.1) is 12.8 Å². The van der Waals surface area contributed by atoms with E-state index in [9.17, 15) is 9.18 Å². The van der Waals surface area contributed by atoms with Gasteiger partial charge in [-0.25, -0.2) is 4.39 Å². The van der Waals surface area contributed by atoms with Crippen LogP contribution in [0.1, 0.15) is 27.2 Å². The number of carbonyl (C=O) groups excluding carboxylic acids is 1. The minimum atomic E-state index is -0.469. The van der Waals surface area contributed by atoms with Crippen LogP contribution in [0.25, 0.3) is 5.57 Å². The van der Waals surface area contributed by atoms with Crippen molar-refractivity contribution in [3.05, 3.63) is 101 Å². The third-order valence-corrected chi connectivity index (χ3v) is 5.50. The van der Waals surface area contributed by atoms with Crippen LogP contribution in [0, 0.1) is 12.7 Å². The highest BCUT2D eigenvalue weighted by Gasteiger charge is 2.14. The molecule has 1 aromatic heterocycles. The van der Waals surface area contributed by atoms with Gasteiger partial charge in [0.25, 0.3) is 5.91 Å². The SMILES string of the molecule is COc1ccc(CNC(=O)c2cccc(Oc3ccnc(C4=CN(C)CC=C4)c3)c2C)cc1F. The van der Waals surface area contributed by atoms with E-state index in [1.54, 1.807) is 30.5 Å². The number of ether oxygens (including phenoxy) is 2. The summed E-state index contributed by atoms with van der Waals surface area (Å²) in [4.78, 5) is 19.4. The van der Waals surface area contributed by atoms with Gasteiger partial charge in [0, 0.05) is 55.3 Å². The Hall–Kier alpha value is -4.13. The van der Waals surface area contributed by atoms with Gasteiger partial charge in [0.1, 0.15) is 11.5 Å². The van der Waals surface area contributed by atoms with Crippen LogP contribution in [0.2, 0.25) is 0 Å². The van der Waals surface area contributed by atoms with Crippen molar-refractivity contribution >= 4 is 11.5 Å². The lowest BCUT2D eigenvalue weighted by Crippen LogP contribution is -2.23. The lowest BCUT2D eigenvalue weighted by Gasteiger charge is -2.18. The third kappa shape index (κ3) is 5.26. The number of nitrogens with zero attached hydrogens (tertiary/aromatic N) is 2. The van der Waals surface area contributed by atoms with Gasteiger partial charge < -0.3 is 19.7 Å². The van der Waals surface area contributed by atoms with Crippen LogP contribution in [0.3, 0.4) is 0 Å². The number of nitrogens with one attached hydrogen (secondary N) is 1. The Kier molecular flexibility index (Phi) is 6.92. The van der Waals surface area contributed by atoms with Crippen molar-refractivity contribution in [2.45, 2.75) is 13.5 Å². The van der Waals surface area contributed by atoms with Gasteiger partial charge in [0.15, 0.2) is 11.6 Å². The van der Waals surface area contributed by atoms with Crippen LogP contribution >= 0.6 is 0 Å². The normalized spacial score (nSPS) is 12.8. The molecule has 2 aromatic carbocycles. The van der Waals surface area contributed by atoms with Crippen molar-refractivity contribution in [3.63, 3.8) is 0 Å². The predicted molar refractivity (Wildman–Crippen MR) is 129 cm³/mol. The minimum absolute atomic E-state index is 0.165. The van der Waals surface area contributed by atoms with Crippen LogP contribution in [0.4, 0.5) is 4.39 Å². The third-order valence-electron chi connectivity index (χ3n) is 5.50. The van der Waals surface area contributed by atoms with Gasteiger partial charge in [-0.15, -0.1) is 0 Å². The van der Waals surface area contributed by atoms with E-state index in [0.29, 0.717) is 28.2 Å². The zero-order chi connectivity index (χ0) is 24.1. The number of amides is 1. The van der Waals surface area contributed by atoms with E-state index in [0.717, 1.165) is 17.8 Å². The highest BCUT2D eigenvalue weighted by molar-refractivity contribution is 5.96. The largest absolute Gasteiger partial charge is 0.494 e. The standard InChI is InChI=1S/C27H26FN3O3/c1-18-22(27(32)30-16-19-9-10-26(33-3)23(28)14-19)7-4-8-25(18)34-21-11-12-29-24(15-21)20-6-5-13-31(2)17-20/h4-12,14-15,17H,13,16H2,1-3H3,(H,30,32). The molecular weight excluding hydrogens is 433 g/mol. The van der Waals surface area contributed by atoms with Gasteiger partial charge >= 0.3 is 0 Å². The average Bonchev–Trinajstić information content (AvgIpc) is 2.84. The number of hydrogen-bond donors (Lipinski definition) is 1. The summed E-state index contributed by atoms with van der Waals surface area (Å²) >= 11 is 0. The van der Waals surface area contributed by atoms with Gasteiger partial charge in [-0.2, -0.15) is 0 Å². The van der Waals surface area contributed by atoms with Crippen molar-refractivity contribution in [1.82, 2.24) is 15.2 Å². The number of pyridine rings is 1. The molecule has 0 unspecified atom stereocenters. The summed E-state index contributed by atoms with van der Waals surface area (Å²) in [6.07, 6.45) is 7.86. The molecule has 0 spiro atoms. The minimum Gasteiger partial charge on any atom is -0.494 e. The molecule has 4 rings (SSSR count). The van der Waals surface area contributed by atoms with Crippen LogP contribution < -0.4 is 14.8 Å². The molecule has 34 heavy (non-hydrogen) atoms. The highest BCUT2D eigenvalue weighted by Crippen LogP contribution is 2.29. The van der Waals surface area contributed by atoms with E-state index in [-0.39, 0.29) is 18.2 Å². The smallest absolute Gasteiger partial charge is 0.251 e. The Morgan fingerprint density at radius 1 is 1.18 bits per heavy atom. The number of aromatic nitrogens is 1. The van der Waals surface area contributed by atoms with Gasteiger partial charge in [-0.3, -0.25) is 9.78 Å². The Balaban J connectivity index is 1.48. The van der Waals surface area contributed by atoms with E-state index < -0.39 is 5.82 Å². The Morgan fingerprint density at radius 3 is 2.79 bits per heavy atom. The summed E-state index contributed by atoms with van der Waals surface area (Å²) in [5, 5.41) is 2.84. The Morgan fingerprint density at radius 2 is 2.03 bits per heavy atom. The molecule has 1 aliphatic rings. The number of benzene rings is 2. The second kappa shape index (κ2) is 10.2. The quantitative estimate of drug-likeness (QED) is 0.533. The first-order valence-corrected chi connectivity index (χ1v) is 10.9. The molecule has 174 valence electrons. The van der Waals surface area contributed by atoms with E-state index >= 15 is 0 Å². The van der Waals surface area contributed by atoms with E-state index in [2.05, 4.69) is 21.3 Å². The molecule has 6 nitrogen and oxygen atoms in total. The Labute approximate surface area is 198 Å². The first kappa shape index (κ1) is 23.0. The number of halogens is 1. The molecule has 3 aromatic rings. The number of methoxy groups -OCH3 is 1. The molecule has 7 heteroatoms. The van der Waals surface area contributed by atoms with Gasteiger partial charge in [0.2, 0.25) is 0 Å². The Bertz CT molecular complexity index is 1270. The summed E-state index contributed by atoms with van der Waals surface area (Å²) in [6.45, 7) is 2.89. The zero-order valence-electron chi connectivity index (χ0n) is 19.3. The topological polar surface area (TPSA) is 63.7 Å². The number of hydrogen-bond acceptors (Lipinski definition) is 5. The van der Waals surface area contributed by atoms with Crippen LogP contribution in [0.5, 0.6) is 17.2 Å². The molecule has 0 saturated carbocycles. The maximum atomic E-state index is 13.9. The second-order valence-corrected chi connectivity index (χ2v) is 7.99. The number of rotatable bonds is 7. The fraction of sp³-hybridized carbons (Fsp3) is 0.185. The molecule has 0 aliphatic carbocycles. The summed E-state index contributed by atoms with van der Waals surface area (Å²) < 4.78 is 25.0. The fourth-order valence-electron chi connectivity index (χ4n) is 3.66. The van der Waals surface area contributed by atoms with E-state index in [4.69, 9.17) is 9.47 Å². The number of carbonyl (C=O) groups is 1. The summed E-state index contributed by atoms with van der Waals surface area (Å²) in [6, 6.07) is 13.6. The maximum absolute atomic E-state index is 13.9. The zero-order valence-corrected chi connectivity index (χ0v) is 19.3. The highest BCUT2D eigenvalue weighted by atomic mass is 19.1. The number of allylic oxidation sites excluding steroid dienone is 2. The van der Waals surface area contributed by atoms with Crippen LogP contribution in [-0.2, 0) is 6.54 Å². The van der Waals surface area contributed by atoms with E-state index in [1.165, 1.54) is 19.2 Å². The molecule has 1 N–H and O–H groups in total. The predicted octanol–water partition coefficient (Wildman–Crippen LogP) is 5.10. The van der Waals surface area contributed by atoms with Crippen molar-refractivity contribution in [2.75, 3.05) is 20.7 Å². The van der Waals surface area contributed by atoms with Crippen LogP contribution in [0.15, 0.2) is 73.1 Å². The molecular formula is C27H26FN3O3. The number of likely N-dealkylation sites (N-methyl/N-ethyl adjacent to an activating group) is 1. The van der Waals surface area contributed by atoms with Crippen molar-refractivity contribution in [2.24, 2.45) is 0 Å². The van der Waals surface area contributed by atoms with E-state index in [1.807, 2.05) is 38.4 Å². The molecule has 0 fully saturated rings. The molecule has 0 radical (unpaired) electrons. The summed E-state index contributed by atoms with van der Waals surface area (Å²) in [7, 11) is 3.42. The van der Waals surface area contributed by atoms with Crippen molar-refractivity contribution in [3.8, 4) is 17.2 Å². The molecule has 1 amide bonds. The molecule has 1 aliphatic heterocycles. The van der Waals surface area contributed by atoms with Gasteiger partial charge in [-0.1, -0.05) is 24.3 Å².